The van der Waals surface area contributed by atoms with Crippen molar-refractivity contribution in [2.45, 2.75) is 38.4 Å². The van der Waals surface area contributed by atoms with Crippen molar-refractivity contribution in [3.63, 3.8) is 0 Å². The minimum atomic E-state index is -0.633. The molecule has 0 radical (unpaired) electrons. The summed E-state index contributed by atoms with van der Waals surface area (Å²) < 4.78 is 8.97. The molecule has 3 aliphatic rings. The van der Waals surface area contributed by atoms with E-state index in [2.05, 4.69) is 20.7 Å². The quantitative estimate of drug-likeness (QED) is 0.561. The Balaban J connectivity index is 1.20. The van der Waals surface area contributed by atoms with Gasteiger partial charge in [0.25, 0.3) is 5.91 Å². The van der Waals surface area contributed by atoms with Crippen LogP contribution >= 0.6 is 0 Å². The van der Waals surface area contributed by atoms with Gasteiger partial charge in [0, 0.05) is 49.4 Å². The molecule has 5 heterocycles. The maximum atomic E-state index is 13.1. The number of imide groups is 1. The molecule has 6 rings (SSSR count). The van der Waals surface area contributed by atoms with Crippen LogP contribution in [-0.4, -0.2) is 66.7 Å². The third kappa shape index (κ3) is 3.67. The maximum absolute atomic E-state index is 13.1. The second kappa shape index (κ2) is 8.17. The van der Waals surface area contributed by atoms with Crippen LogP contribution in [0.25, 0.3) is 16.9 Å². The molecule has 1 aromatic carbocycles. The first-order valence-corrected chi connectivity index (χ1v) is 11.4. The summed E-state index contributed by atoms with van der Waals surface area (Å²) in [5, 5.41) is 15.3. The Morgan fingerprint density at radius 2 is 2.06 bits per heavy atom. The molecule has 0 spiro atoms. The van der Waals surface area contributed by atoms with E-state index in [1.54, 1.807) is 23.1 Å². The Morgan fingerprint density at radius 3 is 2.88 bits per heavy atom. The van der Waals surface area contributed by atoms with Gasteiger partial charge < -0.3 is 9.64 Å². The molecule has 0 bridgehead atoms. The van der Waals surface area contributed by atoms with Crippen molar-refractivity contribution in [1.29, 1.82) is 0 Å². The molecule has 11 heteroatoms. The first kappa shape index (κ1) is 20.7. The summed E-state index contributed by atoms with van der Waals surface area (Å²) >= 11 is 0. The molecule has 34 heavy (non-hydrogen) atoms. The van der Waals surface area contributed by atoms with E-state index in [0.717, 1.165) is 37.3 Å². The average molecular weight is 461 g/mol. The number of amides is 3. The van der Waals surface area contributed by atoms with E-state index in [9.17, 15) is 14.4 Å². The highest BCUT2D eigenvalue weighted by atomic mass is 16.5. The zero-order valence-electron chi connectivity index (χ0n) is 18.4. The van der Waals surface area contributed by atoms with Crippen LogP contribution in [0.3, 0.4) is 0 Å². The third-order valence-electron chi connectivity index (χ3n) is 6.67. The zero-order valence-corrected chi connectivity index (χ0v) is 18.4. The van der Waals surface area contributed by atoms with Crippen LogP contribution in [0.4, 0.5) is 0 Å². The number of nitrogens with one attached hydrogen (secondary N) is 1. The highest BCUT2D eigenvalue weighted by Crippen LogP contribution is 2.29. The van der Waals surface area contributed by atoms with Gasteiger partial charge in [-0.2, -0.15) is 5.10 Å². The van der Waals surface area contributed by atoms with Gasteiger partial charge in [0.15, 0.2) is 0 Å². The Kier molecular flexibility index (Phi) is 4.98. The third-order valence-corrected chi connectivity index (χ3v) is 6.67. The van der Waals surface area contributed by atoms with Crippen LogP contribution in [0, 0.1) is 5.92 Å². The van der Waals surface area contributed by atoms with Crippen LogP contribution in [0.1, 0.15) is 35.2 Å². The van der Waals surface area contributed by atoms with Crippen molar-refractivity contribution in [1.82, 2.24) is 35.0 Å². The van der Waals surface area contributed by atoms with Crippen molar-refractivity contribution in [2.24, 2.45) is 5.92 Å². The molecule has 2 fully saturated rings. The smallest absolute Gasteiger partial charge is 0.255 e. The van der Waals surface area contributed by atoms with Gasteiger partial charge in [-0.15, -0.1) is 5.10 Å². The summed E-state index contributed by atoms with van der Waals surface area (Å²) in [6, 6.07) is 4.89. The van der Waals surface area contributed by atoms with Gasteiger partial charge in [0.1, 0.15) is 11.7 Å². The number of benzene rings is 1. The Labute approximate surface area is 194 Å². The van der Waals surface area contributed by atoms with Crippen LogP contribution < -0.4 is 5.32 Å². The van der Waals surface area contributed by atoms with E-state index in [1.165, 1.54) is 4.90 Å². The molecule has 0 saturated carbocycles. The predicted octanol–water partition coefficient (Wildman–Crippen LogP) is 0.928. The molecule has 3 amide bonds. The van der Waals surface area contributed by atoms with E-state index >= 15 is 0 Å². The van der Waals surface area contributed by atoms with E-state index in [0.29, 0.717) is 35.8 Å². The summed E-state index contributed by atoms with van der Waals surface area (Å²) in [4.78, 5) is 38.3. The van der Waals surface area contributed by atoms with Gasteiger partial charge >= 0.3 is 0 Å². The summed E-state index contributed by atoms with van der Waals surface area (Å²) in [5.41, 5.74) is 3.63. The topological polar surface area (TPSA) is 124 Å². The lowest BCUT2D eigenvalue weighted by Gasteiger charge is -2.29. The molecular weight excluding hydrogens is 438 g/mol. The first-order chi connectivity index (χ1) is 16.5. The largest absolute Gasteiger partial charge is 0.381 e. The fourth-order valence-electron chi connectivity index (χ4n) is 4.80. The summed E-state index contributed by atoms with van der Waals surface area (Å²) in [7, 11) is 0. The molecule has 2 saturated heterocycles. The highest BCUT2D eigenvalue weighted by molar-refractivity contribution is 6.05. The molecule has 0 aliphatic carbocycles. The fourth-order valence-corrected chi connectivity index (χ4v) is 4.80. The van der Waals surface area contributed by atoms with Crippen molar-refractivity contribution in [2.75, 3.05) is 13.2 Å². The number of rotatable bonds is 5. The van der Waals surface area contributed by atoms with Crippen LogP contribution in [-0.2, 0) is 27.4 Å². The monoisotopic (exact) mass is 461 g/mol. The minimum absolute atomic E-state index is 0.219. The van der Waals surface area contributed by atoms with E-state index < -0.39 is 11.9 Å². The van der Waals surface area contributed by atoms with Gasteiger partial charge in [-0.3, -0.25) is 24.4 Å². The van der Waals surface area contributed by atoms with Crippen molar-refractivity contribution < 1.29 is 19.1 Å². The standard InChI is InChI=1S/C23H23N7O4/c31-21-4-3-20(22(32)25-21)29-11-15-1-2-17(7-18(15)23(29)33)30-12-19(26-27-30)16-8-24-28(10-16)9-14-5-6-34-13-14/h1-2,7-8,10,12,14,20H,3-6,9,11,13H2,(H,25,31,32). The van der Waals surface area contributed by atoms with Crippen molar-refractivity contribution in [3.05, 3.63) is 47.9 Å². The van der Waals surface area contributed by atoms with Gasteiger partial charge in [-0.05, 0) is 30.5 Å². The molecular formula is C23H23N7O4. The fraction of sp³-hybridized carbons (Fsp3) is 0.391. The molecule has 3 aliphatic heterocycles. The number of fused-ring (bicyclic) bond motifs is 1. The first-order valence-electron chi connectivity index (χ1n) is 11.4. The predicted molar refractivity (Wildman–Crippen MR) is 118 cm³/mol. The number of ether oxygens (including phenoxy) is 1. The van der Waals surface area contributed by atoms with E-state index in [-0.39, 0.29) is 18.2 Å². The number of hydrogen-bond donors (Lipinski definition) is 1. The molecule has 2 aromatic heterocycles. The Morgan fingerprint density at radius 1 is 1.15 bits per heavy atom. The molecule has 1 N–H and O–H groups in total. The van der Waals surface area contributed by atoms with Gasteiger partial charge in [-0.25, -0.2) is 4.68 Å². The molecule has 11 nitrogen and oxygen atoms in total. The number of nitrogens with zero attached hydrogens (tertiary/aromatic N) is 6. The molecule has 2 atom stereocenters. The van der Waals surface area contributed by atoms with E-state index in [4.69, 9.17) is 4.74 Å². The number of carbonyl (C=O) groups excluding carboxylic acids is 3. The van der Waals surface area contributed by atoms with E-state index in [1.807, 2.05) is 23.0 Å². The van der Waals surface area contributed by atoms with Crippen LogP contribution in [0.5, 0.6) is 0 Å². The van der Waals surface area contributed by atoms with Crippen molar-refractivity contribution in [3.8, 4) is 16.9 Å². The lowest BCUT2D eigenvalue weighted by molar-refractivity contribution is -0.136. The maximum Gasteiger partial charge on any atom is 0.255 e. The lowest BCUT2D eigenvalue weighted by atomic mass is 10.0. The molecule has 2 unspecified atom stereocenters. The highest BCUT2D eigenvalue weighted by Gasteiger charge is 2.39. The number of hydrogen-bond acceptors (Lipinski definition) is 7. The normalized spacial score (nSPS) is 22.4. The molecule has 174 valence electrons. The summed E-state index contributed by atoms with van der Waals surface area (Å²) in [6.07, 6.45) is 7.15. The van der Waals surface area contributed by atoms with Crippen LogP contribution in [0.15, 0.2) is 36.8 Å². The van der Waals surface area contributed by atoms with Gasteiger partial charge in [0.2, 0.25) is 11.8 Å². The van der Waals surface area contributed by atoms with Crippen molar-refractivity contribution >= 4 is 17.7 Å². The average Bonchev–Trinajstić information content (AvgIpc) is 3.62. The zero-order chi connectivity index (χ0) is 23.2. The summed E-state index contributed by atoms with van der Waals surface area (Å²) in [6.45, 7) is 2.73. The van der Waals surface area contributed by atoms with Crippen LogP contribution in [0.2, 0.25) is 0 Å². The second-order valence-electron chi connectivity index (χ2n) is 8.97. The second-order valence-corrected chi connectivity index (χ2v) is 8.97. The Bertz CT molecular complexity index is 1290. The number of piperidine rings is 1. The summed E-state index contributed by atoms with van der Waals surface area (Å²) in [5.74, 6) is -0.455. The Hall–Kier alpha value is -3.86. The number of aromatic nitrogens is 5. The minimum Gasteiger partial charge on any atom is -0.381 e. The molecule has 3 aromatic rings. The van der Waals surface area contributed by atoms with Gasteiger partial charge in [-0.1, -0.05) is 11.3 Å². The lowest BCUT2D eigenvalue weighted by Crippen LogP contribution is -2.52. The number of carbonyl (C=O) groups is 3. The van der Waals surface area contributed by atoms with Gasteiger partial charge in [0.05, 0.1) is 24.7 Å². The SMILES string of the molecule is O=C1CCC(N2Cc3ccc(-n4cc(-c5cnn(CC6CCOC6)c5)nn4)cc3C2=O)C(=O)N1.